The molecule has 0 aliphatic carbocycles. The molecule has 0 radical (unpaired) electrons. The van der Waals surface area contributed by atoms with Crippen LogP contribution < -0.4 is 4.72 Å². The minimum atomic E-state index is -4.05. The molecular formula is C21H17BrFNO3S. The van der Waals surface area contributed by atoms with E-state index in [0.29, 0.717) is 10.0 Å². The smallest absolute Gasteiger partial charge is 0.265 e. The first-order valence-corrected chi connectivity index (χ1v) is 10.7. The number of rotatable bonds is 6. The van der Waals surface area contributed by atoms with Crippen molar-refractivity contribution in [1.29, 1.82) is 0 Å². The fourth-order valence-corrected chi connectivity index (χ4v) is 4.85. The number of hydrogen-bond donors (Lipinski definition) is 1. The molecule has 0 aromatic heterocycles. The summed E-state index contributed by atoms with van der Waals surface area (Å²) in [6.07, 6.45) is 0.238. The molecule has 0 saturated carbocycles. The summed E-state index contributed by atoms with van der Waals surface area (Å²) >= 11 is 3.20. The van der Waals surface area contributed by atoms with Gasteiger partial charge in [-0.05, 0) is 57.7 Å². The maximum atomic E-state index is 13.2. The molecule has 7 heteroatoms. The summed E-state index contributed by atoms with van der Waals surface area (Å²) in [4.78, 5) is 12.9. The van der Waals surface area contributed by atoms with Gasteiger partial charge in [-0.25, -0.2) is 17.5 Å². The van der Waals surface area contributed by atoms with E-state index in [-0.39, 0.29) is 17.1 Å². The van der Waals surface area contributed by atoms with Crippen molar-refractivity contribution in [3.63, 3.8) is 0 Å². The van der Waals surface area contributed by atoms with E-state index in [1.807, 2.05) is 6.07 Å². The predicted octanol–water partition coefficient (Wildman–Crippen LogP) is 4.42. The molecule has 1 amide bonds. The van der Waals surface area contributed by atoms with Crippen LogP contribution in [0.4, 0.5) is 4.39 Å². The number of halogens is 2. The number of nitrogens with one attached hydrogen (secondary N) is 1. The Balaban J connectivity index is 1.90. The zero-order valence-electron chi connectivity index (χ0n) is 14.7. The van der Waals surface area contributed by atoms with Gasteiger partial charge in [0.1, 0.15) is 10.7 Å². The molecule has 0 aliphatic rings. The number of amides is 1. The molecular weight excluding hydrogens is 445 g/mol. The number of carbonyl (C=O) groups excluding carboxylic acids is 1. The topological polar surface area (TPSA) is 63.2 Å². The Morgan fingerprint density at radius 1 is 0.929 bits per heavy atom. The molecule has 1 atom stereocenters. The largest absolute Gasteiger partial charge is 0.273 e. The highest BCUT2D eigenvalue weighted by Gasteiger charge is 2.27. The fourth-order valence-electron chi connectivity index (χ4n) is 2.82. The van der Waals surface area contributed by atoms with E-state index in [4.69, 9.17) is 0 Å². The van der Waals surface area contributed by atoms with Gasteiger partial charge in [-0.1, -0.05) is 54.6 Å². The zero-order chi connectivity index (χ0) is 20.1. The second kappa shape index (κ2) is 8.67. The Bertz CT molecular complexity index is 1070. The standard InChI is InChI=1S/C21H17BrFNO3S/c22-19-8-4-5-9-20(19)28(26,27)24-21(25)18(16-6-2-1-3-7-16)14-15-10-12-17(23)13-11-15/h1-13,18H,14H2,(H,24,25)/t18-/m1/s1. The van der Waals surface area contributed by atoms with Gasteiger partial charge in [-0.2, -0.15) is 0 Å². The van der Waals surface area contributed by atoms with Crippen LogP contribution in [-0.4, -0.2) is 14.3 Å². The molecule has 3 aromatic carbocycles. The number of carbonyl (C=O) groups is 1. The summed E-state index contributed by atoms with van der Waals surface area (Å²) in [5, 5.41) is 0. The molecule has 3 aromatic rings. The van der Waals surface area contributed by atoms with Gasteiger partial charge in [0.2, 0.25) is 5.91 Å². The van der Waals surface area contributed by atoms with Crippen molar-refractivity contribution >= 4 is 31.9 Å². The molecule has 4 nitrogen and oxygen atoms in total. The van der Waals surface area contributed by atoms with Gasteiger partial charge in [-0.3, -0.25) is 4.79 Å². The summed E-state index contributed by atoms with van der Waals surface area (Å²) in [7, 11) is -4.05. The van der Waals surface area contributed by atoms with Crippen LogP contribution >= 0.6 is 15.9 Å². The highest BCUT2D eigenvalue weighted by Crippen LogP contribution is 2.25. The maximum Gasteiger partial charge on any atom is 0.265 e. The summed E-state index contributed by atoms with van der Waals surface area (Å²) in [6, 6.07) is 21.0. The van der Waals surface area contributed by atoms with Gasteiger partial charge >= 0.3 is 0 Å². The van der Waals surface area contributed by atoms with Gasteiger partial charge in [0.15, 0.2) is 0 Å². The lowest BCUT2D eigenvalue weighted by atomic mass is 9.91. The van der Waals surface area contributed by atoms with Crippen LogP contribution in [0.25, 0.3) is 0 Å². The van der Waals surface area contributed by atoms with E-state index in [9.17, 15) is 17.6 Å². The first-order chi connectivity index (χ1) is 13.4. The average molecular weight is 462 g/mol. The van der Waals surface area contributed by atoms with E-state index < -0.39 is 21.8 Å². The average Bonchev–Trinajstić information content (AvgIpc) is 2.68. The van der Waals surface area contributed by atoms with Crippen molar-refractivity contribution in [1.82, 2.24) is 4.72 Å². The Morgan fingerprint density at radius 2 is 1.54 bits per heavy atom. The van der Waals surface area contributed by atoms with Crippen molar-refractivity contribution < 1.29 is 17.6 Å². The van der Waals surface area contributed by atoms with Gasteiger partial charge in [0.25, 0.3) is 10.0 Å². The number of sulfonamides is 1. The first-order valence-electron chi connectivity index (χ1n) is 8.47. The zero-order valence-corrected chi connectivity index (χ0v) is 17.1. The molecule has 0 saturated heterocycles. The fraction of sp³-hybridized carbons (Fsp3) is 0.0952. The molecule has 3 rings (SSSR count). The molecule has 0 fully saturated rings. The summed E-state index contributed by atoms with van der Waals surface area (Å²) in [5.74, 6) is -1.77. The Labute approximate surface area is 171 Å². The van der Waals surface area contributed by atoms with Crippen molar-refractivity contribution in [3.8, 4) is 0 Å². The van der Waals surface area contributed by atoms with Crippen molar-refractivity contribution in [3.05, 3.63) is 100 Å². The normalized spacial score (nSPS) is 12.4. The van der Waals surface area contributed by atoms with Gasteiger partial charge in [0.05, 0.1) is 5.92 Å². The molecule has 0 unspecified atom stereocenters. The minimum Gasteiger partial charge on any atom is -0.273 e. The van der Waals surface area contributed by atoms with Crippen LogP contribution in [0.15, 0.2) is 88.2 Å². The van der Waals surface area contributed by atoms with Crippen LogP contribution in [0.2, 0.25) is 0 Å². The Hall–Kier alpha value is -2.51. The van der Waals surface area contributed by atoms with Gasteiger partial charge in [-0.15, -0.1) is 0 Å². The second-order valence-electron chi connectivity index (χ2n) is 6.19. The van der Waals surface area contributed by atoms with Gasteiger partial charge in [0, 0.05) is 4.47 Å². The summed E-state index contributed by atoms with van der Waals surface area (Å²) < 4.78 is 41.1. The van der Waals surface area contributed by atoms with E-state index in [2.05, 4.69) is 20.7 Å². The molecule has 0 aliphatic heterocycles. The molecule has 1 N–H and O–H groups in total. The van der Waals surface area contributed by atoms with Gasteiger partial charge < -0.3 is 0 Å². The lowest BCUT2D eigenvalue weighted by Crippen LogP contribution is -2.35. The monoisotopic (exact) mass is 461 g/mol. The maximum absolute atomic E-state index is 13.2. The lowest BCUT2D eigenvalue weighted by molar-refractivity contribution is -0.120. The Kier molecular flexibility index (Phi) is 6.26. The molecule has 28 heavy (non-hydrogen) atoms. The third-order valence-electron chi connectivity index (χ3n) is 4.23. The lowest BCUT2D eigenvalue weighted by Gasteiger charge is -2.18. The molecule has 144 valence electrons. The first kappa shape index (κ1) is 20.2. The number of hydrogen-bond acceptors (Lipinski definition) is 3. The van der Waals surface area contributed by atoms with E-state index in [1.165, 1.54) is 18.2 Å². The summed E-state index contributed by atoms with van der Waals surface area (Å²) in [6.45, 7) is 0. The molecule has 0 heterocycles. The Morgan fingerprint density at radius 3 is 2.18 bits per heavy atom. The van der Waals surface area contributed by atoms with Crippen LogP contribution in [0, 0.1) is 5.82 Å². The van der Waals surface area contributed by atoms with Crippen LogP contribution in [0.3, 0.4) is 0 Å². The highest BCUT2D eigenvalue weighted by molar-refractivity contribution is 9.10. The summed E-state index contributed by atoms with van der Waals surface area (Å²) in [5.41, 5.74) is 1.40. The number of benzene rings is 3. The van der Waals surface area contributed by atoms with Crippen molar-refractivity contribution in [2.45, 2.75) is 17.2 Å². The van der Waals surface area contributed by atoms with Crippen molar-refractivity contribution in [2.75, 3.05) is 0 Å². The van der Waals surface area contributed by atoms with E-state index in [0.717, 1.165) is 5.56 Å². The molecule has 0 bridgehead atoms. The third kappa shape index (κ3) is 4.85. The van der Waals surface area contributed by atoms with Crippen LogP contribution in [0.1, 0.15) is 17.0 Å². The quantitative estimate of drug-likeness (QED) is 0.590. The van der Waals surface area contributed by atoms with Crippen molar-refractivity contribution in [2.24, 2.45) is 0 Å². The minimum absolute atomic E-state index is 0.0167. The SMILES string of the molecule is O=C(NS(=O)(=O)c1ccccc1Br)[C@H](Cc1ccc(F)cc1)c1ccccc1. The highest BCUT2D eigenvalue weighted by atomic mass is 79.9. The second-order valence-corrected chi connectivity index (χ2v) is 8.70. The predicted molar refractivity (Wildman–Crippen MR) is 109 cm³/mol. The third-order valence-corrected chi connectivity index (χ3v) is 6.59. The van der Waals surface area contributed by atoms with E-state index in [1.54, 1.807) is 54.6 Å². The van der Waals surface area contributed by atoms with Crippen LogP contribution in [-0.2, 0) is 21.2 Å². The molecule has 0 spiro atoms. The van der Waals surface area contributed by atoms with E-state index >= 15 is 0 Å². The van der Waals surface area contributed by atoms with Crippen LogP contribution in [0.5, 0.6) is 0 Å².